The molecule has 27 heavy (non-hydrogen) atoms. The van der Waals surface area contributed by atoms with E-state index in [1.165, 1.54) is 12.8 Å². The van der Waals surface area contributed by atoms with Gasteiger partial charge in [-0.25, -0.2) is 0 Å². The van der Waals surface area contributed by atoms with Gasteiger partial charge >= 0.3 is 0 Å². The van der Waals surface area contributed by atoms with Crippen LogP contribution in [0.25, 0.3) is 0 Å². The molecule has 0 amide bonds. The minimum Gasteiger partial charge on any atom is -0.0768 e. The molecule has 0 aliphatic heterocycles. The maximum atomic E-state index is 2.71. The molecule has 0 spiro atoms. The van der Waals surface area contributed by atoms with Crippen molar-refractivity contribution in [3.8, 4) is 0 Å². The minimum absolute atomic E-state index is 0.641. The van der Waals surface area contributed by atoms with Crippen molar-refractivity contribution in [1.29, 1.82) is 0 Å². The summed E-state index contributed by atoms with van der Waals surface area (Å²) in [5, 5.41) is 0. The van der Waals surface area contributed by atoms with Gasteiger partial charge in [0.25, 0.3) is 0 Å². The standard InChI is InChI=1S/C26H44Si/c1-11-21-13-23(17(3)4)25(15-21)27(19(7)8,20(9)10)26-16-22(12-2)14-24(26)18(5)6/h13-20,25-26H,11-12H2,1-10H3. The van der Waals surface area contributed by atoms with Gasteiger partial charge in [-0.15, -0.1) is 0 Å². The Morgan fingerprint density at radius 3 is 1.22 bits per heavy atom. The average Bonchev–Trinajstić information content (AvgIpc) is 3.20. The summed E-state index contributed by atoms with van der Waals surface area (Å²) in [5.41, 5.74) is 9.50. The van der Waals surface area contributed by atoms with E-state index in [4.69, 9.17) is 0 Å². The summed E-state index contributed by atoms with van der Waals surface area (Å²) in [6.07, 6.45) is 12.9. The molecule has 0 saturated carbocycles. The lowest BCUT2D eigenvalue weighted by Crippen LogP contribution is -2.50. The van der Waals surface area contributed by atoms with Crippen molar-refractivity contribution >= 4 is 8.07 Å². The van der Waals surface area contributed by atoms with E-state index in [2.05, 4.69) is 93.5 Å². The molecule has 0 aromatic rings. The molecule has 0 saturated heterocycles. The topological polar surface area (TPSA) is 0 Å². The summed E-state index contributed by atoms with van der Waals surface area (Å²) in [4.78, 5) is 0. The SMILES string of the molecule is CCC1=CC([Si](C(C)C)(C(C)C)C2C=C(CC)C=C2C(C)C)C(C(C)C)=C1. The van der Waals surface area contributed by atoms with Crippen LogP contribution in [-0.2, 0) is 0 Å². The van der Waals surface area contributed by atoms with Crippen LogP contribution >= 0.6 is 0 Å². The molecule has 152 valence electrons. The fourth-order valence-electron chi connectivity index (χ4n) is 5.98. The zero-order valence-corrected chi connectivity index (χ0v) is 20.7. The first kappa shape index (κ1) is 22.5. The van der Waals surface area contributed by atoms with Crippen molar-refractivity contribution in [2.75, 3.05) is 0 Å². The van der Waals surface area contributed by atoms with Gasteiger partial charge in [0.15, 0.2) is 0 Å². The van der Waals surface area contributed by atoms with Crippen LogP contribution in [0.3, 0.4) is 0 Å². The number of hydrogen-bond donors (Lipinski definition) is 0. The molecule has 0 N–H and O–H groups in total. The minimum atomic E-state index is -1.74. The molecule has 0 aromatic heterocycles. The normalized spacial score (nSPS) is 23.5. The molecule has 2 aliphatic carbocycles. The first-order valence-corrected chi connectivity index (χ1v) is 13.8. The summed E-state index contributed by atoms with van der Waals surface area (Å²) >= 11 is 0. The van der Waals surface area contributed by atoms with Gasteiger partial charge in [-0.05, 0) is 46.8 Å². The average molecular weight is 385 g/mol. The van der Waals surface area contributed by atoms with E-state index < -0.39 is 8.07 Å². The van der Waals surface area contributed by atoms with E-state index in [0.29, 0.717) is 22.9 Å². The number of rotatable bonds is 8. The summed E-state index contributed by atoms with van der Waals surface area (Å²) < 4.78 is 0. The molecule has 1 heteroatoms. The maximum Gasteiger partial charge on any atom is 0.0815 e. The van der Waals surface area contributed by atoms with Crippen LogP contribution in [0.5, 0.6) is 0 Å². The lowest BCUT2D eigenvalue weighted by atomic mass is 10.0. The fourth-order valence-corrected chi connectivity index (χ4v) is 13.6. The largest absolute Gasteiger partial charge is 0.0815 e. The predicted molar refractivity (Wildman–Crippen MR) is 126 cm³/mol. The van der Waals surface area contributed by atoms with Gasteiger partial charge in [0, 0.05) is 0 Å². The van der Waals surface area contributed by atoms with Crippen molar-refractivity contribution in [2.45, 2.75) is 104 Å². The third-order valence-electron chi connectivity index (χ3n) is 7.41. The van der Waals surface area contributed by atoms with Crippen LogP contribution in [-0.4, -0.2) is 8.07 Å². The second-order valence-corrected chi connectivity index (χ2v) is 15.6. The zero-order chi connectivity index (χ0) is 20.5. The fraction of sp³-hybridized carbons (Fsp3) is 0.692. The van der Waals surface area contributed by atoms with E-state index in [1.54, 1.807) is 22.3 Å². The van der Waals surface area contributed by atoms with E-state index in [9.17, 15) is 0 Å². The van der Waals surface area contributed by atoms with Crippen molar-refractivity contribution in [2.24, 2.45) is 11.8 Å². The first-order chi connectivity index (χ1) is 12.6. The lowest BCUT2D eigenvalue weighted by molar-refractivity contribution is 0.694. The smallest absolute Gasteiger partial charge is 0.0768 e. The van der Waals surface area contributed by atoms with Crippen molar-refractivity contribution in [3.63, 3.8) is 0 Å². The summed E-state index contributed by atoms with van der Waals surface area (Å²) in [5.74, 6) is 1.28. The molecule has 0 aromatic carbocycles. The summed E-state index contributed by atoms with van der Waals surface area (Å²) in [6, 6.07) is 0. The highest BCUT2D eigenvalue weighted by Crippen LogP contribution is 2.60. The third-order valence-corrected chi connectivity index (χ3v) is 14.6. The molecule has 2 aliphatic rings. The van der Waals surface area contributed by atoms with Gasteiger partial charge in [-0.3, -0.25) is 0 Å². The highest BCUT2D eigenvalue weighted by molar-refractivity contribution is 6.87. The Morgan fingerprint density at radius 1 is 0.667 bits per heavy atom. The van der Waals surface area contributed by atoms with Crippen LogP contribution in [0.1, 0.15) is 82.1 Å². The predicted octanol–water partition coefficient (Wildman–Crippen LogP) is 8.86. The van der Waals surface area contributed by atoms with E-state index in [-0.39, 0.29) is 0 Å². The van der Waals surface area contributed by atoms with Crippen molar-refractivity contribution in [3.05, 3.63) is 46.6 Å². The van der Waals surface area contributed by atoms with Gasteiger partial charge in [-0.2, -0.15) is 0 Å². The van der Waals surface area contributed by atoms with Gasteiger partial charge < -0.3 is 0 Å². The quantitative estimate of drug-likeness (QED) is 0.366. The molecule has 0 bridgehead atoms. The van der Waals surface area contributed by atoms with Crippen LogP contribution in [0.15, 0.2) is 46.6 Å². The molecule has 0 nitrogen and oxygen atoms in total. The van der Waals surface area contributed by atoms with Crippen LogP contribution in [0, 0.1) is 11.8 Å². The summed E-state index contributed by atoms with van der Waals surface area (Å²) in [6.45, 7) is 24.4. The second-order valence-electron chi connectivity index (χ2n) is 10.1. The molecule has 2 rings (SSSR count). The molecule has 2 unspecified atom stereocenters. The van der Waals surface area contributed by atoms with Crippen LogP contribution in [0.4, 0.5) is 0 Å². The Labute approximate surface area is 170 Å². The lowest BCUT2D eigenvalue weighted by Gasteiger charge is -2.50. The molecule has 0 fully saturated rings. The Kier molecular flexibility index (Phi) is 7.22. The number of hydrogen-bond acceptors (Lipinski definition) is 0. The Morgan fingerprint density at radius 2 is 1.00 bits per heavy atom. The number of allylic oxidation sites excluding steroid dienone is 8. The first-order valence-electron chi connectivity index (χ1n) is 11.4. The highest BCUT2D eigenvalue weighted by atomic mass is 28.3. The van der Waals surface area contributed by atoms with E-state index in [0.717, 1.165) is 11.1 Å². The second kappa shape index (κ2) is 8.68. The highest BCUT2D eigenvalue weighted by Gasteiger charge is 2.54. The molecule has 2 atom stereocenters. The van der Waals surface area contributed by atoms with Crippen molar-refractivity contribution < 1.29 is 0 Å². The monoisotopic (exact) mass is 384 g/mol. The third kappa shape index (κ3) is 3.86. The van der Waals surface area contributed by atoms with Crippen LogP contribution < -0.4 is 0 Å². The molecular weight excluding hydrogens is 340 g/mol. The van der Waals surface area contributed by atoms with Gasteiger partial charge in [0.1, 0.15) is 0 Å². The van der Waals surface area contributed by atoms with Gasteiger partial charge in [-0.1, -0.05) is 116 Å². The zero-order valence-electron chi connectivity index (χ0n) is 19.7. The van der Waals surface area contributed by atoms with E-state index in [1.807, 2.05) is 0 Å². The van der Waals surface area contributed by atoms with E-state index >= 15 is 0 Å². The van der Waals surface area contributed by atoms with Crippen LogP contribution in [0.2, 0.25) is 22.2 Å². The van der Waals surface area contributed by atoms with Gasteiger partial charge in [0.05, 0.1) is 8.07 Å². The Bertz CT molecular complexity index is 594. The summed E-state index contributed by atoms with van der Waals surface area (Å²) in [7, 11) is -1.74. The van der Waals surface area contributed by atoms with Gasteiger partial charge in [0.2, 0.25) is 0 Å². The molecule has 0 heterocycles. The van der Waals surface area contributed by atoms with Crippen molar-refractivity contribution in [1.82, 2.24) is 0 Å². The Hall–Kier alpha value is -0.823. The maximum absolute atomic E-state index is 2.71. The molecule has 0 radical (unpaired) electrons. The molecular formula is C26H44Si. The Balaban J connectivity index is 2.72.